The number of carbonyl (C=O) groups excluding carboxylic acids is 3. The number of nitrogens with zero attached hydrogens (tertiary/aromatic N) is 2. The average molecular weight is 493 g/mol. The number of hydrogen-bond donors (Lipinski definition) is 1. The first-order valence-corrected chi connectivity index (χ1v) is 13.3. The van der Waals surface area contributed by atoms with Crippen molar-refractivity contribution < 1.29 is 29.0 Å². The summed E-state index contributed by atoms with van der Waals surface area (Å²) in [4.78, 5) is 44.8. The Morgan fingerprint density at radius 1 is 1.31 bits per heavy atom. The molecule has 0 aromatic rings. The van der Waals surface area contributed by atoms with Crippen LogP contribution in [0.2, 0.25) is 0 Å². The highest BCUT2D eigenvalue weighted by atomic mass is 16.6. The molecule has 0 radical (unpaired) electrons. The molecule has 6 atom stereocenters. The molecule has 3 fully saturated rings. The number of esters is 1. The maximum absolute atomic E-state index is 14.2. The zero-order chi connectivity index (χ0) is 26.0. The molecular formula is C27H44N2O6. The van der Waals surface area contributed by atoms with Crippen molar-refractivity contribution in [2.45, 2.75) is 96.4 Å². The van der Waals surface area contributed by atoms with E-state index in [9.17, 15) is 19.5 Å². The van der Waals surface area contributed by atoms with Crippen LogP contribution in [-0.2, 0) is 23.9 Å². The lowest BCUT2D eigenvalue weighted by Gasteiger charge is -2.40. The number of unbranched alkanes of at least 4 members (excludes halogenated alkanes) is 2. The minimum absolute atomic E-state index is 0.187. The highest BCUT2D eigenvalue weighted by Gasteiger charge is 2.79. The molecule has 8 heteroatoms. The number of ether oxygens (including phenoxy) is 2. The molecule has 198 valence electrons. The molecule has 0 saturated carbocycles. The summed E-state index contributed by atoms with van der Waals surface area (Å²) in [6.07, 6.45) is 6.21. The second-order valence-electron chi connectivity index (χ2n) is 11.0. The van der Waals surface area contributed by atoms with Crippen LogP contribution in [0, 0.1) is 17.8 Å². The molecule has 3 rings (SSSR count). The molecular weight excluding hydrogens is 448 g/mol. The smallest absolute Gasteiger partial charge is 0.312 e. The summed E-state index contributed by atoms with van der Waals surface area (Å²) >= 11 is 0. The van der Waals surface area contributed by atoms with Crippen LogP contribution in [0.25, 0.3) is 0 Å². The topological polar surface area (TPSA) is 96.4 Å². The minimum atomic E-state index is -1.10. The predicted molar refractivity (Wildman–Crippen MR) is 132 cm³/mol. The lowest BCUT2D eigenvalue weighted by atomic mass is 9.66. The Morgan fingerprint density at radius 2 is 2.03 bits per heavy atom. The number of fused-ring (bicyclic) bond motifs is 1. The largest absolute Gasteiger partial charge is 0.466 e. The summed E-state index contributed by atoms with van der Waals surface area (Å²) in [6.45, 7) is 14.5. The van der Waals surface area contributed by atoms with Crippen molar-refractivity contribution in [2.24, 2.45) is 17.8 Å². The fraction of sp³-hybridized carbons (Fsp3) is 0.815. The van der Waals surface area contributed by atoms with Gasteiger partial charge in [-0.25, -0.2) is 0 Å². The molecule has 0 aromatic heterocycles. The van der Waals surface area contributed by atoms with Gasteiger partial charge in [0.1, 0.15) is 17.6 Å². The van der Waals surface area contributed by atoms with Gasteiger partial charge in [-0.05, 0) is 45.4 Å². The summed E-state index contributed by atoms with van der Waals surface area (Å²) in [5.41, 5.74) is -1.95. The Hall–Kier alpha value is -1.93. The number of aliphatic hydroxyl groups excluding tert-OH is 1. The van der Waals surface area contributed by atoms with Crippen LogP contribution in [0.15, 0.2) is 12.7 Å². The molecule has 3 aliphatic heterocycles. The summed E-state index contributed by atoms with van der Waals surface area (Å²) in [6, 6.07) is -1.42. The van der Waals surface area contributed by atoms with Crippen molar-refractivity contribution in [2.75, 3.05) is 26.3 Å². The lowest BCUT2D eigenvalue weighted by molar-refractivity contribution is -0.161. The van der Waals surface area contributed by atoms with Crippen LogP contribution in [-0.4, -0.2) is 82.3 Å². The highest BCUT2D eigenvalue weighted by molar-refractivity contribution is 5.98. The molecule has 0 aliphatic carbocycles. The number of carbonyl (C=O) groups is 3. The SMILES string of the molecule is C=CCN(CCCCC)C(=O)C1N([C@@H](CO)CC(C)C)C(=O)[C@@H]2[C@H](C(=O)OCC)[C@]3(C)CCC12O3. The van der Waals surface area contributed by atoms with Gasteiger partial charge in [0.05, 0.1) is 30.8 Å². The van der Waals surface area contributed by atoms with E-state index >= 15 is 0 Å². The summed E-state index contributed by atoms with van der Waals surface area (Å²) in [7, 11) is 0. The maximum atomic E-state index is 14.2. The zero-order valence-electron chi connectivity index (χ0n) is 22.1. The molecule has 2 bridgehead atoms. The molecule has 3 saturated heterocycles. The number of aliphatic hydroxyl groups is 1. The Balaban J connectivity index is 2.08. The van der Waals surface area contributed by atoms with E-state index in [0.717, 1.165) is 19.3 Å². The van der Waals surface area contributed by atoms with Gasteiger partial charge in [-0.3, -0.25) is 14.4 Å². The Labute approximate surface area is 210 Å². The van der Waals surface area contributed by atoms with E-state index in [2.05, 4.69) is 13.5 Å². The van der Waals surface area contributed by atoms with Crippen LogP contribution >= 0.6 is 0 Å². The van der Waals surface area contributed by atoms with Crippen molar-refractivity contribution in [3.05, 3.63) is 12.7 Å². The van der Waals surface area contributed by atoms with Crippen molar-refractivity contribution in [3.63, 3.8) is 0 Å². The van der Waals surface area contributed by atoms with Gasteiger partial charge in [0.15, 0.2) is 0 Å². The maximum Gasteiger partial charge on any atom is 0.312 e. The Morgan fingerprint density at radius 3 is 2.60 bits per heavy atom. The van der Waals surface area contributed by atoms with E-state index in [1.165, 1.54) is 0 Å². The monoisotopic (exact) mass is 492 g/mol. The number of hydrogen-bond acceptors (Lipinski definition) is 6. The van der Waals surface area contributed by atoms with Crippen LogP contribution in [0.1, 0.15) is 73.1 Å². The van der Waals surface area contributed by atoms with Crippen molar-refractivity contribution in [1.82, 2.24) is 9.80 Å². The van der Waals surface area contributed by atoms with Crippen molar-refractivity contribution >= 4 is 17.8 Å². The Bertz CT molecular complexity index is 815. The number of rotatable bonds is 13. The Kier molecular flexibility index (Phi) is 8.69. The van der Waals surface area contributed by atoms with E-state index in [-0.39, 0.29) is 30.9 Å². The standard InChI is InChI=1S/C27H44N2O6/c1-7-10-11-15-28(14-8-2)24(32)22-27-13-12-26(6,35-27)21(25(33)34-9-3)20(27)23(31)29(22)19(17-30)16-18(4)5/h8,18-22,30H,2,7,9-17H2,1,3-6H3/t19-,20+,21-,22?,26+,27?/m1/s1. The third-order valence-electron chi connectivity index (χ3n) is 8.03. The average Bonchev–Trinajstić information content (AvgIpc) is 3.37. The molecule has 1 spiro atoms. The second kappa shape index (κ2) is 11.0. The third-order valence-corrected chi connectivity index (χ3v) is 8.03. The molecule has 3 aliphatic rings. The van der Waals surface area contributed by atoms with Gasteiger partial charge in [-0.1, -0.05) is 39.7 Å². The molecule has 2 unspecified atom stereocenters. The van der Waals surface area contributed by atoms with Gasteiger partial charge in [0.2, 0.25) is 11.8 Å². The first-order chi connectivity index (χ1) is 16.6. The first kappa shape index (κ1) is 27.7. The molecule has 3 heterocycles. The van der Waals surface area contributed by atoms with Gasteiger partial charge in [0, 0.05) is 13.1 Å². The molecule has 8 nitrogen and oxygen atoms in total. The number of likely N-dealkylation sites (tertiary alicyclic amines) is 1. The highest BCUT2D eigenvalue weighted by Crippen LogP contribution is 2.63. The van der Waals surface area contributed by atoms with Gasteiger partial charge in [-0.15, -0.1) is 6.58 Å². The summed E-state index contributed by atoms with van der Waals surface area (Å²) in [5.74, 6) is -2.27. The van der Waals surface area contributed by atoms with Gasteiger partial charge >= 0.3 is 5.97 Å². The van der Waals surface area contributed by atoms with Gasteiger partial charge in [-0.2, -0.15) is 0 Å². The summed E-state index contributed by atoms with van der Waals surface area (Å²) in [5, 5.41) is 10.3. The van der Waals surface area contributed by atoms with Crippen LogP contribution in [0.4, 0.5) is 0 Å². The lowest BCUT2D eigenvalue weighted by Crippen LogP contribution is -2.59. The van der Waals surface area contributed by atoms with E-state index in [4.69, 9.17) is 9.47 Å². The molecule has 1 N–H and O–H groups in total. The van der Waals surface area contributed by atoms with Crippen LogP contribution in [0.5, 0.6) is 0 Å². The first-order valence-electron chi connectivity index (χ1n) is 13.3. The molecule has 0 aromatic carbocycles. The molecule has 35 heavy (non-hydrogen) atoms. The van der Waals surface area contributed by atoms with Crippen molar-refractivity contribution in [3.8, 4) is 0 Å². The quantitative estimate of drug-likeness (QED) is 0.241. The normalized spacial score (nSPS) is 32.1. The van der Waals surface area contributed by atoms with Gasteiger partial charge < -0.3 is 24.4 Å². The van der Waals surface area contributed by atoms with E-state index in [1.54, 1.807) is 22.8 Å². The minimum Gasteiger partial charge on any atom is -0.466 e. The van der Waals surface area contributed by atoms with Gasteiger partial charge in [0.25, 0.3) is 0 Å². The molecule has 2 amide bonds. The number of amides is 2. The summed E-state index contributed by atoms with van der Waals surface area (Å²) < 4.78 is 12.0. The van der Waals surface area contributed by atoms with E-state index in [1.807, 2.05) is 20.8 Å². The fourth-order valence-corrected chi connectivity index (χ4v) is 6.62. The fourth-order valence-electron chi connectivity index (χ4n) is 6.62. The van der Waals surface area contributed by atoms with Crippen LogP contribution < -0.4 is 0 Å². The third kappa shape index (κ3) is 4.76. The van der Waals surface area contributed by atoms with E-state index in [0.29, 0.717) is 32.4 Å². The van der Waals surface area contributed by atoms with Crippen molar-refractivity contribution in [1.29, 1.82) is 0 Å². The van der Waals surface area contributed by atoms with Crippen LogP contribution in [0.3, 0.4) is 0 Å². The van der Waals surface area contributed by atoms with E-state index < -0.39 is 41.1 Å². The zero-order valence-corrected chi connectivity index (χ0v) is 22.1. The predicted octanol–water partition coefficient (Wildman–Crippen LogP) is 2.93. The second-order valence-corrected chi connectivity index (χ2v) is 11.0.